The van der Waals surface area contributed by atoms with Crippen LogP contribution >= 0.6 is 0 Å². The van der Waals surface area contributed by atoms with Crippen molar-refractivity contribution in [2.24, 2.45) is 0 Å². The van der Waals surface area contributed by atoms with E-state index in [2.05, 4.69) is 39.6 Å². The monoisotopic (exact) mass is 243 g/mol. The van der Waals surface area contributed by atoms with E-state index >= 15 is 0 Å². The zero-order valence-electron chi connectivity index (χ0n) is 10.5. The highest BCUT2D eigenvalue weighted by Crippen LogP contribution is 2.23. The smallest absolute Gasteiger partial charge is 0.156 e. The number of fused-ring (bicyclic) bond motifs is 1. The summed E-state index contributed by atoms with van der Waals surface area (Å²) in [4.78, 5) is 2.34. The first kappa shape index (κ1) is 11.3. The van der Waals surface area contributed by atoms with Crippen LogP contribution < -0.4 is 10.2 Å². The summed E-state index contributed by atoms with van der Waals surface area (Å²) in [6.45, 7) is 5.63. The van der Waals surface area contributed by atoms with Gasteiger partial charge in [0.05, 0.1) is 12.2 Å². The summed E-state index contributed by atoms with van der Waals surface area (Å²) in [6.07, 6.45) is 0. The number of benzene rings is 1. The number of aromatic nitrogens is 1. The Labute approximate surface area is 107 Å². The SMILES string of the molecule is Cc1cc(CN2CCNCc3ccccc32)on1. The van der Waals surface area contributed by atoms with Gasteiger partial charge in [0.1, 0.15) is 0 Å². The van der Waals surface area contributed by atoms with Crippen molar-refractivity contribution in [2.45, 2.75) is 20.0 Å². The standard InChI is InChI=1S/C14H17N3O/c1-11-8-13(18-16-11)10-17-7-6-15-9-12-4-2-3-5-14(12)17/h2-5,8,15H,6-7,9-10H2,1H3. The first-order chi connectivity index (χ1) is 8.83. The maximum Gasteiger partial charge on any atom is 0.156 e. The lowest BCUT2D eigenvalue weighted by Crippen LogP contribution is -2.28. The molecular formula is C14H17N3O. The van der Waals surface area contributed by atoms with Crippen LogP contribution in [0.2, 0.25) is 0 Å². The van der Waals surface area contributed by atoms with E-state index in [-0.39, 0.29) is 0 Å². The Bertz CT molecular complexity index is 535. The van der Waals surface area contributed by atoms with Crippen molar-refractivity contribution in [1.29, 1.82) is 0 Å². The van der Waals surface area contributed by atoms with Gasteiger partial charge in [0, 0.05) is 31.4 Å². The van der Waals surface area contributed by atoms with Gasteiger partial charge in [-0.05, 0) is 18.6 Å². The molecule has 0 radical (unpaired) electrons. The average molecular weight is 243 g/mol. The summed E-state index contributed by atoms with van der Waals surface area (Å²) < 4.78 is 5.31. The molecule has 0 saturated heterocycles. The summed E-state index contributed by atoms with van der Waals surface area (Å²) >= 11 is 0. The van der Waals surface area contributed by atoms with Gasteiger partial charge in [0.15, 0.2) is 5.76 Å². The van der Waals surface area contributed by atoms with E-state index in [1.165, 1.54) is 11.3 Å². The van der Waals surface area contributed by atoms with Crippen LogP contribution in [0.1, 0.15) is 17.0 Å². The number of nitrogens with one attached hydrogen (secondary N) is 1. The van der Waals surface area contributed by atoms with Crippen molar-refractivity contribution < 1.29 is 4.52 Å². The number of nitrogens with zero attached hydrogens (tertiary/aromatic N) is 2. The fourth-order valence-corrected chi connectivity index (χ4v) is 2.37. The minimum absolute atomic E-state index is 0.777. The molecule has 94 valence electrons. The molecule has 0 bridgehead atoms. The molecule has 1 aliphatic rings. The average Bonchev–Trinajstić information content (AvgIpc) is 2.68. The second-order valence-corrected chi connectivity index (χ2v) is 4.66. The minimum atomic E-state index is 0.777. The molecule has 0 amide bonds. The van der Waals surface area contributed by atoms with Crippen LogP contribution in [0.25, 0.3) is 0 Å². The van der Waals surface area contributed by atoms with Gasteiger partial charge >= 0.3 is 0 Å². The third-order valence-electron chi connectivity index (χ3n) is 3.23. The molecule has 1 aliphatic heterocycles. The van der Waals surface area contributed by atoms with E-state index in [1.54, 1.807) is 0 Å². The number of aryl methyl sites for hydroxylation is 1. The van der Waals surface area contributed by atoms with Gasteiger partial charge in [0.25, 0.3) is 0 Å². The predicted octanol–water partition coefficient (Wildman–Crippen LogP) is 2.09. The summed E-state index contributed by atoms with van der Waals surface area (Å²) in [7, 11) is 0. The molecule has 3 rings (SSSR count). The lowest BCUT2D eigenvalue weighted by Gasteiger charge is -2.23. The van der Waals surface area contributed by atoms with Gasteiger partial charge in [-0.2, -0.15) is 0 Å². The Hall–Kier alpha value is -1.81. The summed E-state index contributed by atoms with van der Waals surface area (Å²) in [5, 5.41) is 7.38. The number of para-hydroxylation sites is 1. The largest absolute Gasteiger partial charge is 0.362 e. The van der Waals surface area contributed by atoms with Crippen molar-refractivity contribution in [2.75, 3.05) is 18.0 Å². The zero-order valence-corrected chi connectivity index (χ0v) is 10.5. The van der Waals surface area contributed by atoms with Gasteiger partial charge in [-0.25, -0.2) is 0 Å². The van der Waals surface area contributed by atoms with Crippen LogP contribution in [0.15, 0.2) is 34.9 Å². The fraction of sp³-hybridized carbons (Fsp3) is 0.357. The van der Waals surface area contributed by atoms with Crippen LogP contribution in [0.5, 0.6) is 0 Å². The summed E-state index contributed by atoms with van der Waals surface area (Å²) in [5.41, 5.74) is 3.56. The quantitative estimate of drug-likeness (QED) is 0.877. The third kappa shape index (κ3) is 2.24. The molecule has 4 nitrogen and oxygen atoms in total. The van der Waals surface area contributed by atoms with E-state index in [4.69, 9.17) is 4.52 Å². The van der Waals surface area contributed by atoms with E-state index in [9.17, 15) is 0 Å². The van der Waals surface area contributed by atoms with Crippen LogP contribution in [0.3, 0.4) is 0 Å². The van der Waals surface area contributed by atoms with Gasteiger partial charge < -0.3 is 14.7 Å². The molecule has 1 aromatic carbocycles. The van der Waals surface area contributed by atoms with Crippen LogP contribution in [-0.4, -0.2) is 18.2 Å². The highest BCUT2D eigenvalue weighted by atomic mass is 16.5. The minimum Gasteiger partial charge on any atom is -0.362 e. The molecule has 18 heavy (non-hydrogen) atoms. The van der Waals surface area contributed by atoms with Crippen LogP contribution in [0.4, 0.5) is 5.69 Å². The first-order valence-corrected chi connectivity index (χ1v) is 6.29. The van der Waals surface area contributed by atoms with Gasteiger partial charge in [-0.1, -0.05) is 23.4 Å². The van der Waals surface area contributed by atoms with E-state index in [1.807, 2.05) is 13.0 Å². The van der Waals surface area contributed by atoms with Crippen molar-refractivity contribution in [3.05, 3.63) is 47.3 Å². The first-order valence-electron chi connectivity index (χ1n) is 6.29. The Balaban J connectivity index is 1.87. The second-order valence-electron chi connectivity index (χ2n) is 4.66. The molecule has 1 aromatic heterocycles. The lowest BCUT2D eigenvalue weighted by atomic mass is 10.1. The molecule has 0 unspecified atom stereocenters. The third-order valence-corrected chi connectivity index (χ3v) is 3.23. The van der Waals surface area contributed by atoms with Crippen molar-refractivity contribution in [3.8, 4) is 0 Å². The molecule has 0 atom stereocenters. The van der Waals surface area contributed by atoms with Gasteiger partial charge in [-0.3, -0.25) is 0 Å². The number of anilines is 1. The van der Waals surface area contributed by atoms with Gasteiger partial charge in [0.2, 0.25) is 0 Å². The maximum atomic E-state index is 5.31. The molecular weight excluding hydrogens is 226 g/mol. The molecule has 0 saturated carbocycles. The highest BCUT2D eigenvalue weighted by Gasteiger charge is 2.16. The van der Waals surface area contributed by atoms with Crippen molar-refractivity contribution in [3.63, 3.8) is 0 Å². The Kier molecular flexibility index (Phi) is 3.02. The molecule has 1 N–H and O–H groups in total. The second kappa shape index (κ2) is 4.82. The molecule has 0 spiro atoms. The molecule has 2 aromatic rings. The number of hydrogen-bond acceptors (Lipinski definition) is 4. The van der Waals surface area contributed by atoms with E-state index in [0.29, 0.717) is 0 Å². The fourth-order valence-electron chi connectivity index (χ4n) is 2.37. The van der Waals surface area contributed by atoms with Crippen LogP contribution in [-0.2, 0) is 13.1 Å². The maximum absolute atomic E-state index is 5.31. The molecule has 2 heterocycles. The van der Waals surface area contributed by atoms with E-state index < -0.39 is 0 Å². The molecule has 0 aliphatic carbocycles. The zero-order chi connectivity index (χ0) is 12.4. The Morgan fingerprint density at radius 3 is 3.11 bits per heavy atom. The number of rotatable bonds is 2. The normalized spacial score (nSPS) is 15.3. The molecule has 0 fully saturated rings. The van der Waals surface area contributed by atoms with E-state index in [0.717, 1.165) is 37.6 Å². The van der Waals surface area contributed by atoms with Crippen LogP contribution in [0, 0.1) is 6.92 Å². The summed E-state index contributed by atoms with van der Waals surface area (Å²) in [6, 6.07) is 10.5. The topological polar surface area (TPSA) is 41.3 Å². The predicted molar refractivity (Wildman–Crippen MR) is 70.4 cm³/mol. The van der Waals surface area contributed by atoms with Crippen molar-refractivity contribution in [1.82, 2.24) is 10.5 Å². The molecule has 4 heteroatoms. The highest BCUT2D eigenvalue weighted by molar-refractivity contribution is 5.54. The summed E-state index contributed by atoms with van der Waals surface area (Å²) in [5.74, 6) is 0.921. The number of hydrogen-bond donors (Lipinski definition) is 1. The lowest BCUT2D eigenvalue weighted by molar-refractivity contribution is 0.377. The Morgan fingerprint density at radius 1 is 1.39 bits per heavy atom. The van der Waals surface area contributed by atoms with Gasteiger partial charge in [-0.15, -0.1) is 0 Å². The Morgan fingerprint density at radius 2 is 2.28 bits per heavy atom. The van der Waals surface area contributed by atoms with Crippen molar-refractivity contribution >= 4 is 5.69 Å².